The van der Waals surface area contributed by atoms with Gasteiger partial charge in [0, 0.05) is 0 Å². The molecular weight excluding hydrogens is 304 g/mol. The third-order valence-corrected chi connectivity index (χ3v) is 4.57. The van der Waals surface area contributed by atoms with Gasteiger partial charge in [0.2, 0.25) is 0 Å². The molecule has 0 spiro atoms. The van der Waals surface area contributed by atoms with Gasteiger partial charge in [0.25, 0.3) is 0 Å². The number of carboxylic acids is 1. The molecule has 1 N–H and O–H groups in total. The van der Waals surface area contributed by atoms with E-state index in [1.807, 2.05) is 0 Å². The van der Waals surface area contributed by atoms with E-state index in [9.17, 15) is 4.79 Å². The fourth-order valence-corrected chi connectivity index (χ4v) is 3.96. The van der Waals surface area contributed by atoms with Crippen LogP contribution in [-0.4, -0.2) is 37.0 Å². The molecule has 24 heavy (non-hydrogen) atoms. The molecule has 1 aliphatic carbocycles. The SMILES string of the molecule is C.C.CC(C)(C)CC(C)(C)C1CCC(OCCOCC(=O)O)CC1. The molecule has 0 aromatic rings. The first-order valence-electron chi connectivity index (χ1n) is 8.51. The summed E-state index contributed by atoms with van der Waals surface area (Å²) in [6.45, 7) is 12.4. The molecule has 0 atom stereocenters. The summed E-state index contributed by atoms with van der Waals surface area (Å²) in [6, 6.07) is 0. The van der Waals surface area contributed by atoms with Crippen molar-refractivity contribution in [1.29, 1.82) is 0 Å². The third kappa shape index (κ3) is 10.3. The lowest BCUT2D eigenvalue weighted by molar-refractivity contribution is -0.143. The number of rotatable bonds is 8. The van der Waals surface area contributed by atoms with Crippen LogP contribution >= 0.6 is 0 Å². The fourth-order valence-electron chi connectivity index (χ4n) is 3.96. The zero-order valence-electron chi connectivity index (χ0n) is 15.0. The van der Waals surface area contributed by atoms with Crippen LogP contribution in [0.4, 0.5) is 0 Å². The molecule has 0 saturated heterocycles. The molecule has 1 aliphatic rings. The van der Waals surface area contributed by atoms with Gasteiger partial charge in [-0.1, -0.05) is 49.5 Å². The lowest BCUT2D eigenvalue weighted by Gasteiger charge is -2.42. The fraction of sp³-hybridized carbons (Fsp3) is 0.950. The minimum atomic E-state index is -0.929. The molecule has 0 unspecified atom stereocenters. The van der Waals surface area contributed by atoms with Crippen LogP contribution in [0, 0.1) is 16.7 Å². The van der Waals surface area contributed by atoms with Crippen LogP contribution in [-0.2, 0) is 14.3 Å². The van der Waals surface area contributed by atoms with Crippen molar-refractivity contribution >= 4 is 5.97 Å². The van der Waals surface area contributed by atoms with Crippen molar-refractivity contribution in [2.24, 2.45) is 16.7 Å². The maximum atomic E-state index is 10.3. The Labute approximate surface area is 150 Å². The Morgan fingerprint density at radius 3 is 2.00 bits per heavy atom. The van der Waals surface area contributed by atoms with Gasteiger partial charge in [-0.2, -0.15) is 0 Å². The summed E-state index contributed by atoms with van der Waals surface area (Å²) >= 11 is 0. The first-order valence-corrected chi connectivity index (χ1v) is 8.51. The molecule has 1 fully saturated rings. The molecule has 0 aliphatic heterocycles. The highest BCUT2D eigenvalue weighted by atomic mass is 16.5. The van der Waals surface area contributed by atoms with Crippen LogP contribution in [0.25, 0.3) is 0 Å². The van der Waals surface area contributed by atoms with Crippen molar-refractivity contribution in [1.82, 2.24) is 0 Å². The Kier molecular flexibility index (Phi) is 11.8. The molecule has 146 valence electrons. The van der Waals surface area contributed by atoms with E-state index in [2.05, 4.69) is 34.6 Å². The molecule has 0 bridgehead atoms. The quantitative estimate of drug-likeness (QED) is 0.598. The topological polar surface area (TPSA) is 55.8 Å². The van der Waals surface area contributed by atoms with Gasteiger partial charge in [-0.15, -0.1) is 0 Å². The highest BCUT2D eigenvalue weighted by Crippen LogP contribution is 2.45. The van der Waals surface area contributed by atoms with Crippen molar-refractivity contribution in [2.45, 2.75) is 87.7 Å². The van der Waals surface area contributed by atoms with Crippen molar-refractivity contribution in [3.8, 4) is 0 Å². The van der Waals surface area contributed by atoms with E-state index >= 15 is 0 Å². The van der Waals surface area contributed by atoms with Crippen molar-refractivity contribution in [2.75, 3.05) is 19.8 Å². The predicted molar refractivity (Wildman–Crippen MR) is 101 cm³/mol. The van der Waals surface area contributed by atoms with E-state index in [-0.39, 0.29) is 21.5 Å². The number of carbonyl (C=O) groups is 1. The van der Waals surface area contributed by atoms with E-state index in [4.69, 9.17) is 14.6 Å². The summed E-state index contributed by atoms with van der Waals surface area (Å²) in [5.74, 6) is -0.156. The summed E-state index contributed by atoms with van der Waals surface area (Å²) in [5.41, 5.74) is 0.756. The smallest absolute Gasteiger partial charge is 0.329 e. The third-order valence-electron chi connectivity index (χ3n) is 4.57. The molecule has 0 heterocycles. The van der Waals surface area contributed by atoms with Crippen molar-refractivity contribution < 1.29 is 19.4 Å². The van der Waals surface area contributed by atoms with Crippen molar-refractivity contribution in [3.05, 3.63) is 0 Å². The summed E-state index contributed by atoms with van der Waals surface area (Å²) < 4.78 is 10.8. The largest absolute Gasteiger partial charge is 0.480 e. The van der Waals surface area contributed by atoms with E-state index in [1.165, 1.54) is 19.3 Å². The second-order valence-corrected chi connectivity index (χ2v) is 8.52. The molecule has 1 saturated carbocycles. The van der Waals surface area contributed by atoms with Gasteiger partial charge in [-0.3, -0.25) is 0 Å². The normalized spacial score (nSPS) is 21.5. The second-order valence-electron chi connectivity index (χ2n) is 8.52. The molecule has 4 nitrogen and oxygen atoms in total. The van der Waals surface area contributed by atoms with E-state index < -0.39 is 5.97 Å². The molecule has 0 radical (unpaired) electrons. The molecule has 1 rings (SSSR count). The van der Waals surface area contributed by atoms with Gasteiger partial charge in [0.05, 0.1) is 19.3 Å². The number of aliphatic carboxylic acids is 1. The predicted octanol–water partition coefficient (Wildman–Crippen LogP) is 5.40. The van der Waals surface area contributed by atoms with Crippen molar-refractivity contribution in [3.63, 3.8) is 0 Å². The van der Waals surface area contributed by atoms with Crippen LogP contribution in [0.2, 0.25) is 0 Å². The zero-order valence-corrected chi connectivity index (χ0v) is 15.0. The highest BCUT2D eigenvalue weighted by Gasteiger charge is 2.35. The average Bonchev–Trinajstić information content (AvgIpc) is 2.35. The lowest BCUT2D eigenvalue weighted by atomic mass is 9.64. The van der Waals surface area contributed by atoms with Gasteiger partial charge in [-0.05, 0) is 48.9 Å². The molecular formula is C20H42O4. The van der Waals surface area contributed by atoms with Gasteiger partial charge in [-0.25, -0.2) is 4.79 Å². The van der Waals surface area contributed by atoms with Gasteiger partial charge < -0.3 is 14.6 Å². The average molecular weight is 347 g/mol. The van der Waals surface area contributed by atoms with Crippen LogP contribution < -0.4 is 0 Å². The minimum absolute atomic E-state index is 0. The van der Waals surface area contributed by atoms with E-state index in [0.29, 0.717) is 30.1 Å². The monoisotopic (exact) mass is 346 g/mol. The number of ether oxygens (including phenoxy) is 2. The van der Waals surface area contributed by atoms with E-state index in [0.717, 1.165) is 18.8 Å². The zero-order chi connectivity index (χ0) is 16.8. The number of hydrogen-bond acceptors (Lipinski definition) is 3. The van der Waals surface area contributed by atoms with Gasteiger partial charge in [0.1, 0.15) is 6.61 Å². The molecule has 0 aromatic heterocycles. The van der Waals surface area contributed by atoms with Crippen LogP contribution in [0.1, 0.15) is 81.6 Å². The maximum absolute atomic E-state index is 10.3. The van der Waals surface area contributed by atoms with Gasteiger partial charge >= 0.3 is 5.97 Å². The standard InChI is InChI=1S/C18H34O4.2CH4/c1-17(2,3)13-18(4,5)14-6-8-15(9-7-14)22-11-10-21-12-16(19)20;;/h14-15H,6-13H2,1-5H3,(H,19,20);2*1H4. The number of hydrogen-bond donors (Lipinski definition) is 1. The Balaban J connectivity index is 0. The first-order chi connectivity index (χ1) is 10.1. The summed E-state index contributed by atoms with van der Waals surface area (Å²) in [7, 11) is 0. The minimum Gasteiger partial charge on any atom is -0.480 e. The van der Waals surface area contributed by atoms with E-state index in [1.54, 1.807) is 0 Å². The molecule has 4 heteroatoms. The molecule has 0 amide bonds. The Morgan fingerprint density at radius 2 is 1.54 bits per heavy atom. The van der Waals surface area contributed by atoms with Gasteiger partial charge in [0.15, 0.2) is 0 Å². The van der Waals surface area contributed by atoms with Crippen LogP contribution in [0.15, 0.2) is 0 Å². The van der Waals surface area contributed by atoms with Crippen LogP contribution in [0.5, 0.6) is 0 Å². The second kappa shape index (κ2) is 11.1. The Hall–Kier alpha value is -0.610. The summed E-state index contributed by atoms with van der Waals surface area (Å²) in [4.78, 5) is 10.3. The Bertz CT molecular complexity index is 336. The Morgan fingerprint density at radius 1 is 1.00 bits per heavy atom. The first kappa shape index (κ1) is 25.6. The number of carboxylic acid groups (broad SMARTS) is 1. The summed E-state index contributed by atoms with van der Waals surface area (Å²) in [5, 5.41) is 8.48. The lowest BCUT2D eigenvalue weighted by Crippen LogP contribution is -2.34. The molecule has 0 aromatic carbocycles. The highest BCUT2D eigenvalue weighted by molar-refractivity contribution is 5.67. The maximum Gasteiger partial charge on any atom is 0.329 e. The summed E-state index contributed by atoms with van der Waals surface area (Å²) in [6.07, 6.45) is 6.23. The van der Waals surface area contributed by atoms with Crippen LogP contribution in [0.3, 0.4) is 0 Å².